The Labute approximate surface area is 116 Å². The molecule has 2 rings (SSSR count). The van der Waals surface area contributed by atoms with Crippen molar-refractivity contribution in [1.82, 2.24) is 5.32 Å². The molecular formula is C14H18INO. The minimum atomic E-state index is 0.0715. The van der Waals surface area contributed by atoms with Crippen LogP contribution in [0, 0.1) is 9.49 Å². The summed E-state index contributed by atoms with van der Waals surface area (Å²) in [6, 6.07) is 8.10. The number of amides is 1. The summed E-state index contributed by atoms with van der Waals surface area (Å²) in [4.78, 5) is 12.1. The van der Waals surface area contributed by atoms with Gasteiger partial charge in [-0.15, -0.1) is 0 Å². The first-order chi connectivity index (χ1) is 8.16. The van der Waals surface area contributed by atoms with Gasteiger partial charge in [0.05, 0.1) is 0 Å². The Morgan fingerprint density at radius 1 is 1.35 bits per heavy atom. The molecule has 1 fully saturated rings. The highest BCUT2D eigenvalue weighted by atomic mass is 127. The summed E-state index contributed by atoms with van der Waals surface area (Å²) in [5.74, 6) is 0.678. The average Bonchev–Trinajstić information content (AvgIpc) is 2.32. The third-order valence-corrected chi connectivity index (χ3v) is 4.19. The van der Waals surface area contributed by atoms with Crippen molar-refractivity contribution >= 4 is 28.5 Å². The molecular weight excluding hydrogens is 325 g/mol. The van der Waals surface area contributed by atoms with Crippen LogP contribution in [0.2, 0.25) is 0 Å². The summed E-state index contributed by atoms with van der Waals surface area (Å²) in [6.07, 6.45) is 4.90. The summed E-state index contributed by atoms with van der Waals surface area (Å²) < 4.78 is 1.10. The first-order valence-electron chi connectivity index (χ1n) is 6.23. The van der Waals surface area contributed by atoms with E-state index < -0.39 is 0 Å². The third-order valence-electron chi connectivity index (χ3n) is 3.51. The van der Waals surface area contributed by atoms with Crippen molar-refractivity contribution in [3.05, 3.63) is 33.4 Å². The Morgan fingerprint density at radius 3 is 2.82 bits per heavy atom. The van der Waals surface area contributed by atoms with Crippen LogP contribution in [0.5, 0.6) is 0 Å². The van der Waals surface area contributed by atoms with E-state index >= 15 is 0 Å². The molecule has 0 unspecified atom stereocenters. The van der Waals surface area contributed by atoms with Crippen LogP contribution in [0.4, 0.5) is 0 Å². The summed E-state index contributed by atoms with van der Waals surface area (Å²) in [6.45, 7) is 2.23. The molecule has 0 spiro atoms. The quantitative estimate of drug-likeness (QED) is 0.817. The molecule has 1 amide bonds. The molecule has 0 heterocycles. The lowest BCUT2D eigenvalue weighted by molar-refractivity contribution is 0.0910. The van der Waals surface area contributed by atoms with E-state index in [4.69, 9.17) is 0 Å². The molecule has 2 atom stereocenters. The van der Waals surface area contributed by atoms with Crippen LogP contribution >= 0.6 is 22.6 Å². The molecule has 1 saturated carbocycles. The van der Waals surface area contributed by atoms with Crippen molar-refractivity contribution in [3.63, 3.8) is 0 Å². The second-order valence-electron chi connectivity index (χ2n) is 4.85. The van der Waals surface area contributed by atoms with Gasteiger partial charge in [-0.3, -0.25) is 4.79 Å². The van der Waals surface area contributed by atoms with E-state index in [1.54, 1.807) is 0 Å². The van der Waals surface area contributed by atoms with Gasteiger partial charge in [-0.1, -0.05) is 25.8 Å². The Kier molecular flexibility index (Phi) is 4.42. The molecule has 1 aliphatic carbocycles. The van der Waals surface area contributed by atoms with Gasteiger partial charge in [0, 0.05) is 15.2 Å². The molecule has 1 aliphatic rings. The number of hydrogen-bond acceptors (Lipinski definition) is 1. The Morgan fingerprint density at radius 2 is 2.12 bits per heavy atom. The van der Waals surface area contributed by atoms with Crippen molar-refractivity contribution < 1.29 is 4.79 Å². The van der Waals surface area contributed by atoms with Gasteiger partial charge in [-0.05, 0) is 59.5 Å². The molecule has 0 radical (unpaired) electrons. The predicted octanol–water partition coefficient (Wildman–Crippen LogP) is 3.60. The van der Waals surface area contributed by atoms with E-state index in [9.17, 15) is 4.79 Å². The minimum absolute atomic E-state index is 0.0715. The topological polar surface area (TPSA) is 29.1 Å². The standard InChI is InChI=1S/C14H18INO/c1-10-5-2-3-8-13(10)16-14(17)11-6-4-7-12(15)9-11/h4,6-7,9-10,13H,2-3,5,8H2,1H3,(H,16,17)/t10-,13+/m0/s1. The second kappa shape index (κ2) is 5.85. The first-order valence-corrected chi connectivity index (χ1v) is 7.31. The van der Waals surface area contributed by atoms with E-state index in [1.807, 2.05) is 24.3 Å². The summed E-state index contributed by atoms with van der Waals surface area (Å²) in [5.41, 5.74) is 0.773. The second-order valence-corrected chi connectivity index (χ2v) is 6.10. The summed E-state index contributed by atoms with van der Waals surface area (Å²) in [7, 11) is 0. The maximum absolute atomic E-state index is 12.1. The van der Waals surface area contributed by atoms with E-state index in [-0.39, 0.29) is 5.91 Å². The molecule has 0 aromatic heterocycles. The predicted molar refractivity (Wildman–Crippen MR) is 78.0 cm³/mol. The zero-order valence-electron chi connectivity index (χ0n) is 10.1. The van der Waals surface area contributed by atoms with Gasteiger partial charge >= 0.3 is 0 Å². The number of rotatable bonds is 2. The molecule has 17 heavy (non-hydrogen) atoms. The maximum Gasteiger partial charge on any atom is 0.251 e. The van der Waals surface area contributed by atoms with Crippen LogP contribution < -0.4 is 5.32 Å². The van der Waals surface area contributed by atoms with Crippen LogP contribution in [0.15, 0.2) is 24.3 Å². The van der Waals surface area contributed by atoms with Crippen molar-refractivity contribution in [3.8, 4) is 0 Å². The zero-order valence-corrected chi connectivity index (χ0v) is 12.2. The third kappa shape index (κ3) is 3.44. The number of carbonyl (C=O) groups is 1. The summed E-state index contributed by atoms with van der Waals surface area (Å²) in [5, 5.41) is 3.17. The van der Waals surface area contributed by atoms with Gasteiger partial charge in [0.1, 0.15) is 0 Å². The van der Waals surface area contributed by atoms with Gasteiger partial charge in [0.2, 0.25) is 0 Å². The Bertz CT molecular complexity index is 405. The Hall–Kier alpha value is -0.580. The lowest BCUT2D eigenvalue weighted by atomic mass is 9.86. The van der Waals surface area contributed by atoms with E-state index in [2.05, 4.69) is 34.8 Å². The van der Waals surface area contributed by atoms with Crippen molar-refractivity contribution in [2.45, 2.75) is 38.6 Å². The molecule has 3 heteroatoms. The highest BCUT2D eigenvalue weighted by molar-refractivity contribution is 14.1. The maximum atomic E-state index is 12.1. The molecule has 1 N–H and O–H groups in total. The van der Waals surface area contributed by atoms with Crippen molar-refractivity contribution in [1.29, 1.82) is 0 Å². The average molecular weight is 343 g/mol. The Balaban J connectivity index is 2.01. The minimum Gasteiger partial charge on any atom is -0.349 e. The molecule has 2 nitrogen and oxygen atoms in total. The SMILES string of the molecule is C[C@H]1CCCC[C@H]1NC(=O)c1cccc(I)c1. The first kappa shape index (κ1) is 12.9. The fourth-order valence-electron chi connectivity index (χ4n) is 2.41. The highest BCUT2D eigenvalue weighted by Gasteiger charge is 2.23. The normalized spacial score (nSPS) is 24.4. The molecule has 1 aromatic carbocycles. The smallest absolute Gasteiger partial charge is 0.251 e. The van der Waals surface area contributed by atoms with Gasteiger partial charge in [0.25, 0.3) is 5.91 Å². The van der Waals surface area contributed by atoms with Crippen molar-refractivity contribution in [2.24, 2.45) is 5.92 Å². The monoisotopic (exact) mass is 343 g/mol. The lowest BCUT2D eigenvalue weighted by Crippen LogP contribution is -2.41. The van der Waals surface area contributed by atoms with Gasteiger partial charge in [-0.2, -0.15) is 0 Å². The van der Waals surface area contributed by atoms with Crippen LogP contribution in [0.1, 0.15) is 43.0 Å². The molecule has 1 aromatic rings. The van der Waals surface area contributed by atoms with Crippen LogP contribution in [-0.4, -0.2) is 11.9 Å². The van der Waals surface area contributed by atoms with Crippen LogP contribution in [0.3, 0.4) is 0 Å². The van der Waals surface area contributed by atoms with E-state index in [0.29, 0.717) is 12.0 Å². The molecule has 0 aliphatic heterocycles. The fourth-order valence-corrected chi connectivity index (χ4v) is 2.96. The van der Waals surface area contributed by atoms with Gasteiger partial charge in [0.15, 0.2) is 0 Å². The van der Waals surface area contributed by atoms with Gasteiger partial charge in [-0.25, -0.2) is 0 Å². The number of nitrogens with one attached hydrogen (secondary N) is 1. The van der Waals surface area contributed by atoms with Gasteiger partial charge < -0.3 is 5.32 Å². The number of carbonyl (C=O) groups excluding carboxylic acids is 1. The number of halogens is 1. The van der Waals surface area contributed by atoms with Crippen molar-refractivity contribution in [2.75, 3.05) is 0 Å². The largest absolute Gasteiger partial charge is 0.349 e. The van der Waals surface area contributed by atoms with Crippen LogP contribution in [0.25, 0.3) is 0 Å². The molecule has 92 valence electrons. The fraction of sp³-hybridized carbons (Fsp3) is 0.500. The van der Waals surface area contributed by atoms with E-state index in [0.717, 1.165) is 15.6 Å². The number of hydrogen-bond donors (Lipinski definition) is 1. The lowest BCUT2D eigenvalue weighted by Gasteiger charge is -2.29. The molecule has 0 bridgehead atoms. The zero-order chi connectivity index (χ0) is 12.3. The van der Waals surface area contributed by atoms with Crippen LogP contribution in [-0.2, 0) is 0 Å². The summed E-state index contributed by atoms with van der Waals surface area (Å²) >= 11 is 2.23. The molecule has 0 saturated heterocycles. The highest BCUT2D eigenvalue weighted by Crippen LogP contribution is 2.24. The number of benzene rings is 1. The van der Waals surface area contributed by atoms with E-state index in [1.165, 1.54) is 19.3 Å².